The van der Waals surface area contributed by atoms with Crippen LogP contribution in [0.15, 0.2) is 24.3 Å². The summed E-state index contributed by atoms with van der Waals surface area (Å²) < 4.78 is 0. The van der Waals surface area contributed by atoms with Crippen LogP contribution in [-0.2, 0) is 14.4 Å². The minimum atomic E-state index is -0.957. The lowest BCUT2D eigenvalue weighted by Crippen LogP contribution is -2.50. The van der Waals surface area contributed by atoms with Crippen LogP contribution >= 0.6 is 0 Å². The Balaban J connectivity index is 2.29. The molecule has 0 saturated carbocycles. The molecule has 0 heterocycles. The molecule has 4 amide bonds. The van der Waals surface area contributed by atoms with E-state index >= 15 is 0 Å². The molecule has 4 N–H and O–H groups in total. The number of hydrogen-bond acceptors (Lipinski definition) is 4. The van der Waals surface area contributed by atoms with Gasteiger partial charge in [0.15, 0.2) is 0 Å². The Morgan fingerprint density at radius 1 is 1.00 bits per heavy atom. The quantitative estimate of drug-likeness (QED) is 0.440. The smallest absolute Gasteiger partial charge is 0.327 e. The van der Waals surface area contributed by atoms with Gasteiger partial charge in [-0.15, -0.1) is 0 Å². The molecule has 0 saturated heterocycles. The van der Waals surface area contributed by atoms with Crippen LogP contribution < -0.4 is 21.5 Å². The average Bonchev–Trinajstić information content (AvgIpc) is 2.52. The lowest BCUT2D eigenvalue weighted by Gasteiger charge is -2.10. The first kappa shape index (κ1) is 19.1. The predicted molar refractivity (Wildman–Crippen MR) is 87.7 cm³/mol. The molecule has 0 unspecified atom stereocenters. The fraction of sp³-hybridized carbons (Fsp3) is 0.375. The van der Waals surface area contributed by atoms with Gasteiger partial charge >= 0.3 is 11.8 Å². The van der Waals surface area contributed by atoms with E-state index in [0.717, 1.165) is 5.56 Å². The van der Waals surface area contributed by atoms with Crippen LogP contribution in [0.5, 0.6) is 0 Å². The van der Waals surface area contributed by atoms with E-state index in [9.17, 15) is 19.2 Å². The molecule has 0 fully saturated rings. The fourth-order valence-corrected chi connectivity index (χ4v) is 1.79. The first-order valence-electron chi connectivity index (χ1n) is 7.54. The maximum Gasteiger partial charge on any atom is 0.327 e. The Morgan fingerprint density at radius 3 is 2.29 bits per heavy atom. The van der Waals surface area contributed by atoms with Crippen molar-refractivity contribution in [2.24, 2.45) is 0 Å². The standard InChI is InChI=1S/C16H22N4O4/c1-10(2)18-15(23)16(24)20-19-13(21)8-9-17-14(22)12-7-5-4-6-11(12)3/h4-7,10H,8-9H2,1-3H3,(H,17,22)(H,18,23)(H,19,21)(H,20,24). The molecule has 1 aromatic rings. The third kappa shape index (κ3) is 6.47. The second-order valence-corrected chi connectivity index (χ2v) is 5.45. The van der Waals surface area contributed by atoms with E-state index in [1.165, 1.54) is 0 Å². The van der Waals surface area contributed by atoms with Crippen molar-refractivity contribution in [2.75, 3.05) is 6.54 Å². The monoisotopic (exact) mass is 334 g/mol. The number of carbonyl (C=O) groups is 4. The van der Waals surface area contributed by atoms with Crippen LogP contribution in [0, 0.1) is 6.92 Å². The SMILES string of the molecule is Cc1ccccc1C(=O)NCCC(=O)NNC(=O)C(=O)NC(C)C. The van der Waals surface area contributed by atoms with Gasteiger partial charge in [0.1, 0.15) is 0 Å². The third-order valence-corrected chi connectivity index (χ3v) is 2.97. The van der Waals surface area contributed by atoms with Gasteiger partial charge in [-0.1, -0.05) is 18.2 Å². The first-order valence-corrected chi connectivity index (χ1v) is 7.54. The van der Waals surface area contributed by atoms with Crippen LogP contribution in [-0.4, -0.2) is 36.2 Å². The van der Waals surface area contributed by atoms with Gasteiger partial charge in [-0.2, -0.15) is 0 Å². The van der Waals surface area contributed by atoms with Crippen molar-refractivity contribution in [2.45, 2.75) is 33.2 Å². The number of nitrogens with one attached hydrogen (secondary N) is 4. The molecule has 8 heteroatoms. The number of hydrogen-bond donors (Lipinski definition) is 4. The van der Waals surface area contributed by atoms with Crippen molar-refractivity contribution < 1.29 is 19.2 Å². The van der Waals surface area contributed by atoms with Gasteiger partial charge in [0, 0.05) is 24.6 Å². The van der Waals surface area contributed by atoms with E-state index in [1.807, 2.05) is 24.5 Å². The topological polar surface area (TPSA) is 116 Å². The molecule has 0 aliphatic rings. The highest BCUT2D eigenvalue weighted by molar-refractivity contribution is 6.35. The maximum absolute atomic E-state index is 11.9. The van der Waals surface area contributed by atoms with Crippen molar-refractivity contribution in [1.82, 2.24) is 21.5 Å². The van der Waals surface area contributed by atoms with Crippen LogP contribution in [0.2, 0.25) is 0 Å². The fourth-order valence-electron chi connectivity index (χ4n) is 1.79. The van der Waals surface area contributed by atoms with Gasteiger partial charge in [0.2, 0.25) is 5.91 Å². The Bertz CT molecular complexity index is 628. The maximum atomic E-state index is 11.9. The first-order chi connectivity index (χ1) is 11.3. The zero-order chi connectivity index (χ0) is 18.1. The van der Waals surface area contributed by atoms with E-state index in [0.29, 0.717) is 5.56 Å². The summed E-state index contributed by atoms with van der Waals surface area (Å²) in [6.45, 7) is 5.34. The molecule has 0 radical (unpaired) electrons. The molecule has 1 aromatic carbocycles. The van der Waals surface area contributed by atoms with Crippen molar-refractivity contribution in [1.29, 1.82) is 0 Å². The molecule has 0 spiro atoms. The molecule has 0 aromatic heterocycles. The van der Waals surface area contributed by atoms with Crippen molar-refractivity contribution >= 4 is 23.6 Å². The lowest BCUT2D eigenvalue weighted by atomic mass is 10.1. The predicted octanol–water partition coefficient (Wildman–Crippen LogP) is -0.213. The van der Waals surface area contributed by atoms with Crippen LogP contribution in [0.25, 0.3) is 0 Å². The molecule has 8 nitrogen and oxygen atoms in total. The largest absolute Gasteiger partial charge is 0.352 e. The zero-order valence-corrected chi connectivity index (χ0v) is 13.9. The number of amides is 4. The van der Waals surface area contributed by atoms with Crippen molar-refractivity contribution in [3.8, 4) is 0 Å². The van der Waals surface area contributed by atoms with Crippen molar-refractivity contribution in [3.63, 3.8) is 0 Å². The molecular weight excluding hydrogens is 312 g/mol. The number of carbonyl (C=O) groups excluding carboxylic acids is 4. The van der Waals surface area contributed by atoms with Crippen LogP contribution in [0.4, 0.5) is 0 Å². The normalized spacial score (nSPS) is 10.0. The highest BCUT2D eigenvalue weighted by atomic mass is 16.2. The second kappa shape index (κ2) is 9.29. The summed E-state index contributed by atoms with van der Waals surface area (Å²) in [5.74, 6) is -2.59. The van der Waals surface area contributed by atoms with Gasteiger partial charge < -0.3 is 10.6 Å². The molecule has 24 heavy (non-hydrogen) atoms. The van der Waals surface area contributed by atoms with Gasteiger partial charge in [-0.25, -0.2) is 0 Å². The lowest BCUT2D eigenvalue weighted by molar-refractivity contribution is -0.141. The molecule has 0 atom stereocenters. The number of aryl methyl sites for hydroxylation is 1. The van der Waals surface area contributed by atoms with E-state index in [1.54, 1.807) is 26.0 Å². The Morgan fingerprint density at radius 2 is 1.67 bits per heavy atom. The van der Waals surface area contributed by atoms with E-state index in [2.05, 4.69) is 16.1 Å². The van der Waals surface area contributed by atoms with Gasteiger partial charge in [0.25, 0.3) is 5.91 Å². The summed E-state index contributed by atoms with van der Waals surface area (Å²) in [6, 6.07) is 6.91. The Kier molecular flexibility index (Phi) is 7.41. The minimum Gasteiger partial charge on any atom is -0.352 e. The molecule has 0 bridgehead atoms. The Labute approximate surface area is 140 Å². The van der Waals surface area contributed by atoms with Crippen LogP contribution in [0.1, 0.15) is 36.2 Å². The summed E-state index contributed by atoms with van der Waals surface area (Å²) in [6.07, 6.45) is -0.0380. The van der Waals surface area contributed by atoms with Crippen LogP contribution in [0.3, 0.4) is 0 Å². The summed E-state index contributed by atoms with van der Waals surface area (Å²) >= 11 is 0. The van der Waals surface area contributed by atoms with E-state index in [4.69, 9.17) is 0 Å². The minimum absolute atomic E-state index is 0.0380. The average molecular weight is 334 g/mol. The molecule has 130 valence electrons. The second-order valence-electron chi connectivity index (χ2n) is 5.45. The molecule has 0 aliphatic carbocycles. The number of benzene rings is 1. The van der Waals surface area contributed by atoms with E-state index < -0.39 is 17.7 Å². The van der Waals surface area contributed by atoms with Crippen molar-refractivity contribution in [3.05, 3.63) is 35.4 Å². The number of rotatable bonds is 5. The molecule has 0 aliphatic heterocycles. The summed E-state index contributed by atoms with van der Waals surface area (Å²) in [5, 5.41) is 5.00. The summed E-state index contributed by atoms with van der Waals surface area (Å²) in [5.41, 5.74) is 5.49. The summed E-state index contributed by atoms with van der Waals surface area (Å²) in [4.78, 5) is 46.2. The third-order valence-electron chi connectivity index (χ3n) is 2.97. The highest BCUT2D eigenvalue weighted by Gasteiger charge is 2.15. The van der Waals surface area contributed by atoms with Gasteiger partial charge in [0.05, 0.1) is 0 Å². The summed E-state index contributed by atoms with van der Waals surface area (Å²) in [7, 11) is 0. The van der Waals surface area contributed by atoms with E-state index in [-0.39, 0.29) is 24.9 Å². The van der Waals surface area contributed by atoms with Gasteiger partial charge in [-0.3, -0.25) is 30.0 Å². The number of hydrazine groups is 1. The Hall–Kier alpha value is -2.90. The van der Waals surface area contributed by atoms with Gasteiger partial charge in [-0.05, 0) is 32.4 Å². The highest BCUT2D eigenvalue weighted by Crippen LogP contribution is 2.06. The molecular formula is C16H22N4O4. The molecule has 1 rings (SSSR count). The zero-order valence-electron chi connectivity index (χ0n) is 13.9.